The molecule has 3 nitrogen and oxygen atoms in total. The van der Waals surface area contributed by atoms with Crippen LogP contribution in [0.2, 0.25) is 0 Å². The van der Waals surface area contributed by atoms with Crippen molar-refractivity contribution < 1.29 is 0 Å². The third-order valence-electron chi connectivity index (χ3n) is 3.42. The van der Waals surface area contributed by atoms with Crippen LogP contribution in [0.1, 0.15) is 29.5 Å². The maximum Gasteiger partial charge on any atom is 0.191 e. The van der Waals surface area contributed by atoms with Crippen LogP contribution in [0.25, 0.3) is 0 Å². The number of guanidine groups is 1. The molecular formula is C15H24IN3. The third kappa shape index (κ3) is 5.38. The van der Waals surface area contributed by atoms with E-state index in [0.29, 0.717) is 0 Å². The van der Waals surface area contributed by atoms with E-state index in [0.717, 1.165) is 25.0 Å². The Kier molecular flexibility index (Phi) is 6.62. The fourth-order valence-electron chi connectivity index (χ4n) is 2.01. The number of aryl methyl sites for hydroxylation is 2. The minimum absolute atomic E-state index is 0. The summed E-state index contributed by atoms with van der Waals surface area (Å²) in [5.41, 5.74) is 3.97. The minimum atomic E-state index is 0. The van der Waals surface area contributed by atoms with Crippen molar-refractivity contribution >= 4 is 29.9 Å². The van der Waals surface area contributed by atoms with E-state index in [1.165, 1.54) is 29.5 Å². The van der Waals surface area contributed by atoms with Gasteiger partial charge in [-0.1, -0.05) is 23.8 Å². The fourth-order valence-corrected chi connectivity index (χ4v) is 2.01. The third-order valence-corrected chi connectivity index (χ3v) is 3.42. The summed E-state index contributed by atoms with van der Waals surface area (Å²) in [5, 5.41) is 6.74. The summed E-state index contributed by atoms with van der Waals surface area (Å²) in [6, 6.07) is 6.56. The molecule has 1 fully saturated rings. The van der Waals surface area contributed by atoms with E-state index in [1.54, 1.807) is 0 Å². The molecule has 2 rings (SSSR count). The molecule has 0 spiro atoms. The van der Waals surface area contributed by atoms with Crippen LogP contribution in [0.5, 0.6) is 0 Å². The summed E-state index contributed by atoms with van der Waals surface area (Å²) >= 11 is 0. The van der Waals surface area contributed by atoms with Crippen molar-refractivity contribution in [3.63, 3.8) is 0 Å². The van der Waals surface area contributed by atoms with Gasteiger partial charge in [-0.2, -0.15) is 0 Å². The molecule has 0 radical (unpaired) electrons. The highest BCUT2D eigenvalue weighted by Gasteiger charge is 2.20. The Morgan fingerprint density at radius 3 is 2.58 bits per heavy atom. The first-order valence-electron chi connectivity index (χ1n) is 6.69. The number of halogens is 1. The summed E-state index contributed by atoms with van der Waals surface area (Å²) in [6.45, 7) is 6.16. The maximum absolute atomic E-state index is 4.24. The Morgan fingerprint density at radius 1 is 1.26 bits per heavy atom. The molecule has 1 aliphatic rings. The number of nitrogens with zero attached hydrogens (tertiary/aromatic N) is 1. The van der Waals surface area contributed by atoms with Crippen molar-refractivity contribution in [1.82, 2.24) is 10.6 Å². The first kappa shape index (κ1) is 16.3. The molecule has 1 aromatic rings. The second-order valence-corrected chi connectivity index (χ2v) is 5.18. The van der Waals surface area contributed by atoms with Crippen molar-refractivity contribution in [2.75, 3.05) is 13.6 Å². The maximum atomic E-state index is 4.24. The van der Waals surface area contributed by atoms with E-state index in [4.69, 9.17) is 0 Å². The number of nitrogens with one attached hydrogen (secondary N) is 2. The van der Waals surface area contributed by atoms with Crippen LogP contribution in [-0.2, 0) is 6.54 Å². The SMILES string of the molecule is CN=C(NCc1ccc(C)cc1C)NCC1CC1.I. The number of hydrogen-bond acceptors (Lipinski definition) is 1. The summed E-state index contributed by atoms with van der Waals surface area (Å²) < 4.78 is 0. The van der Waals surface area contributed by atoms with Crippen molar-refractivity contribution in [1.29, 1.82) is 0 Å². The van der Waals surface area contributed by atoms with Gasteiger partial charge in [0.2, 0.25) is 0 Å². The standard InChI is InChI=1S/C15H23N3.HI/c1-11-4-7-14(12(2)8-11)10-18-15(16-3)17-9-13-5-6-13;/h4,7-8,13H,5-6,9-10H2,1-3H3,(H2,16,17,18);1H. The van der Waals surface area contributed by atoms with E-state index in [-0.39, 0.29) is 24.0 Å². The molecule has 1 aliphatic carbocycles. The Labute approximate surface area is 133 Å². The summed E-state index contributed by atoms with van der Waals surface area (Å²) in [4.78, 5) is 4.24. The molecule has 106 valence electrons. The Bertz CT molecular complexity index is 439. The van der Waals surface area contributed by atoms with Gasteiger partial charge < -0.3 is 10.6 Å². The molecule has 0 amide bonds. The molecule has 0 aromatic heterocycles. The van der Waals surface area contributed by atoms with Gasteiger partial charge in [-0.25, -0.2) is 0 Å². The molecule has 1 aromatic carbocycles. The topological polar surface area (TPSA) is 36.4 Å². The predicted octanol–water partition coefficient (Wildman–Crippen LogP) is 3.00. The summed E-state index contributed by atoms with van der Waals surface area (Å²) in [7, 11) is 1.82. The predicted molar refractivity (Wildman–Crippen MR) is 92.3 cm³/mol. The lowest BCUT2D eigenvalue weighted by Crippen LogP contribution is -2.37. The van der Waals surface area contributed by atoms with Crippen LogP contribution in [0, 0.1) is 19.8 Å². The van der Waals surface area contributed by atoms with Crippen molar-refractivity contribution in [2.45, 2.75) is 33.2 Å². The van der Waals surface area contributed by atoms with Gasteiger partial charge in [-0.3, -0.25) is 4.99 Å². The van der Waals surface area contributed by atoms with Crippen LogP contribution in [0.4, 0.5) is 0 Å². The number of aliphatic imine (C=N–C) groups is 1. The Balaban J connectivity index is 0.00000180. The van der Waals surface area contributed by atoms with E-state index in [2.05, 4.69) is 47.7 Å². The average molecular weight is 373 g/mol. The Hall–Kier alpha value is -0.780. The molecule has 0 unspecified atom stereocenters. The molecule has 0 heterocycles. The van der Waals surface area contributed by atoms with Gasteiger partial charge in [0.1, 0.15) is 0 Å². The van der Waals surface area contributed by atoms with Gasteiger partial charge in [0.05, 0.1) is 0 Å². The molecular weight excluding hydrogens is 349 g/mol. The minimum Gasteiger partial charge on any atom is -0.356 e. The fraction of sp³-hybridized carbons (Fsp3) is 0.533. The van der Waals surface area contributed by atoms with Gasteiger partial charge in [-0.15, -0.1) is 24.0 Å². The quantitative estimate of drug-likeness (QED) is 0.484. The van der Waals surface area contributed by atoms with E-state index in [1.807, 2.05) is 7.05 Å². The average Bonchev–Trinajstić information content (AvgIpc) is 3.15. The summed E-state index contributed by atoms with van der Waals surface area (Å²) in [6.07, 6.45) is 2.72. The van der Waals surface area contributed by atoms with Crippen molar-refractivity contribution in [2.24, 2.45) is 10.9 Å². The zero-order chi connectivity index (χ0) is 13.0. The van der Waals surface area contributed by atoms with Gasteiger partial charge in [-0.05, 0) is 43.7 Å². The normalized spacial score (nSPS) is 14.8. The monoisotopic (exact) mass is 373 g/mol. The van der Waals surface area contributed by atoms with Crippen molar-refractivity contribution in [3.8, 4) is 0 Å². The van der Waals surface area contributed by atoms with E-state index < -0.39 is 0 Å². The van der Waals surface area contributed by atoms with Crippen LogP contribution in [0.15, 0.2) is 23.2 Å². The molecule has 4 heteroatoms. The second kappa shape index (κ2) is 7.72. The van der Waals surface area contributed by atoms with E-state index >= 15 is 0 Å². The highest BCUT2D eigenvalue weighted by Crippen LogP contribution is 2.27. The number of benzene rings is 1. The van der Waals surface area contributed by atoms with Crippen LogP contribution in [-0.4, -0.2) is 19.6 Å². The van der Waals surface area contributed by atoms with Crippen LogP contribution >= 0.6 is 24.0 Å². The zero-order valence-corrected chi connectivity index (χ0v) is 14.3. The van der Waals surface area contributed by atoms with Gasteiger partial charge in [0.25, 0.3) is 0 Å². The van der Waals surface area contributed by atoms with Gasteiger partial charge >= 0.3 is 0 Å². The highest BCUT2D eigenvalue weighted by atomic mass is 127. The van der Waals surface area contributed by atoms with Crippen molar-refractivity contribution in [3.05, 3.63) is 34.9 Å². The second-order valence-electron chi connectivity index (χ2n) is 5.18. The molecule has 1 saturated carbocycles. The molecule has 0 aliphatic heterocycles. The largest absolute Gasteiger partial charge is 0.356 e. The molecule has 0 saturated heterocycles. The van der Waals surface area contributed by atoms with Crippen LogP contribution in [0.3, 0.4) is 0 Å². The van der Waals surface area contributed by atoms with Gasteiger partial charge in [0.15, 0.2) is 5.96 Å². The molecule has 0 bridgehead atoms. The molecule has 0 atom stereocenters. The lowest BCUT2D eigenvalue weighted by Gasteiger charge is -2.13. The number of rotatable bonds is 4. The lowest BCUT2D eigenvalue weighted by atomic mass is 10.1. The van der Waals surface area contributed by atoms with Crippen LogP contribution < -0.4 is 10.6 Å². The zero-order valence-electron chi connectivity index (χ0n) is 12.0. The molecule has 2 N–H and O–H groups in total. The first-order valence-corrected chi connectivity index (χ1v) is 6.69. The number of hydrogen-bond donors (Lipinski definition) is 2. The smallest absolute Gasteiger partial charge is 0.191 e. The van der Waals surface area contributed by atoms with Gasteiger partial charge in [0, 0.05) is 20.1 Å². The Morgan fingerprint density at radius 2 is 2.00 bits per heavy atom. The summed E-state index contributed by atoms with van der Waals surface area (Å²) in [5.74, 6) is 1.77. The lowest BCUT2D eigenvalue weighted by molar-refractivity contribution is 0.736. The highest BCUT2D eigenvalue weighted by molar-refractivity contribution is 14.0. The molecule has 19 heavy (non-hydrogen) atoms. The van der Waals surface area contributed by atoms with E-state index in [9.17, 15) is 0 Å². The first-order chi connectivity index (χ1) is 8.69.